The molecule has 2 N–H and O–H groups in total. The summed E-state index contributed by atoms with van der Waals surface area (Å²) in [7, 11) is 1.52. The lowest BCUT2D eigenvalue weighted by Crippen LogP contribution is -2.16. The van der Waals surface area contributed by atoms with Crippen molar-refractivity contribution in [3.63, 3.8) is 0 Å². The first kappa shape index (κ1) is 23.1. The van der Waals surface area contributed by atoms with Gasteiger partial charge in [0.1, 0.15) is 12.4 Å². The summed E-state index contributed by atoms with van der Waals surface area (Å²) >= 11 is 17.9. The number of H-pyrrole nitrogens is 1. The average Bonchev–Trinajstić information content (AvgIpc) is 3.19. The Morgan fingerprint density at radius 3 is 2.58 bits per heavy atom. The molecule has 170 valence electrons. The molecule has 0 saturated heterocycles. The van der Waals surface area contributed by atoms with Crippen LogP contribution < -0.4 is 14.9 Å². The Morgan fingerprint density at radius 1 is 1.06 bits per heavy atom. The van der Waals surface area contributed by atoms with E-state index in [4.69, 9.17) is 44.9 Å². The molecule has 0 atom stereocenters. The minimum absolute atomic E-state index is 0.0690. The monoisotopic (exact) mass is 504 g/mol. The van der Waals surface area contributed by atoms with Gasteiger partial charge in [-0.25, -0.2) is 14.2 Å². The van der Waals surface area contributed by atoms with Crippen LogP contribution in [0.15, 0.2) is 60.7 Å². The summed E-state index contributed by atoms with van der Waals surface area (Å²) in [4.78, 5) is 0. The van der Waals surface area contributed by atoms with E-state index < -0.39 is 5.82 Å². The average molecular weight is 505 g/mol. The minimum atomic E-state index is -0.445. The maximum atomic E-state index is 14.1. The van der Waals surface area contributed by atoms with E-state index in [1.165, 1.54) is 19.2 Å². The van der Waals surface area contributed by atoms with Gasteiger partial charge in [-0.3, -0.25) is 0 Å². The topological polar surface area (TPSA) is 64.1 Å². The molecule has 4 rings (SSSR count). The van der Waals surface area contributed by atoms with Crippen LogP contribution in [0.1, 0.15) is 11.1 Å². The molecule has 1 aromatic heterocycles. The van der Waals surface area contributed by atoms with Crippen molar-refractivity contribution >= 4 is 35.4 Å². The second kappa shape index (κ2) is 10.2. The Kier molecular flexibility index (Phi) is 7.17. The molecule has 0 radical (unpaired) electrons. The van der Waals surface area contributed by atoms with Crippen LogP contribution in [0.5, 0.6) is 11.5 Å². The SMILES string of the molecule is COc1cc(CNn2c(-c3ccccc3)n[nH]c2=S)c(Cl)cc1OCc1c(F)cccc1Cl. The Balaban J connectivity index is 1.54. The van der Waals surface area contributed by atoms with Gasteiger partial charge in [0.15, 0.2) is 17.3 Å². The molecule has 0 amide bonds. The van der Waals surface area contributed by atoms with Crippen LogP contribution in [0, 0.1) is 10.6 Å². The number of hydrogen-bond donors (Lipinski definition) is 2. The quantitative estimate of drug-likeness (QED) is 0.272. The van der Waals surface area contributed by atoms with Crippen molar-refractivity contribution in [3.05, 3.63) is 92.4 Å². The van der Waals surface area contributed by atoms with Gasteiger partial charge in [-0.1, -0.05) is 59.6 Å². The summed E-state index contributed by atoms with van der Waals surface area (Å²) in [5.74, 6) is 1.02. The second-order valence-corrected chi connectivity index (χ2v) is 8.17. The number of aromatic amines is 1. The van der Waals surface area contributed by atoms with Gasteiger partial charge < -0.3 is 14.9 Å². The third-order valence-electron chi connectivity index (χ3n) is 4.90. The summed E-state index contributed by atoms with van der Waals surface area (Å²) in [5, 5.41) is 7.82. The fourth-order valence-corrected chi connectivity index (χ4v) is 3.83. The molecule has 0 aliphatic carbocycles. The molecular formula is C23H19Cl2FN4O2S. The van der Waals surface area contributed by atoms with Gasteiger partial charge >= 0.3 is 0 Å². The minimum Gasteiger partial charge on any atom is -0.493 e. The van der Waals surface area contributed by atoms with E-state index in [9.17, 15) is 4.39 Å². The molecule has 0 spiro atoms. The highest BCUT2D eigenvalue weighted by atomic mass is 35.5. The first-order valence-electron chi connectivity index (χ1n) is 9.86. The highest BCUT2D eigenvalue weighted by Crippen LogP contribution is 2.34. The lowest BCUT2D eigenvalue weighted by atomic mass is 10.2. The summed E-state index contributed by atoms with van der Waals surface area (Å²) < 4.78 is 27.4. The number of nitrogens with zero attached hydrogens (tertiary/aromatic N) is 2. The number of rotatable bonds is 8. The van der Waals surface area contributed by atoms with Crippen LogP contribution >= 0.6 is 35.4 Å². The maximum absolute atomic E-state index is 14.1. The summed E-state index contributed by atoms with van der Waals surface area (Å²) in [5.41, 5.74) is 5.13. The van der Waals surface area contributed by atoms with E-state index in [0.717, 1.165) is 11.1 Å². The molecule has 0 bridgehead atoms. The smallest absolute Gasteiger partial charge is 0.214 e. The third-order valence-corrected chi connectivity index (χ3v) is 5.88. The second-order valence-electron chi connectivity index (χ2n) is 6.97. The highest BCUT2D eigenvalue weighted by Gasteiger charge is 2.15. The predicted molar refractivity (Wildman–Crippen MR) is 130 cm³/mol. The maximum Gasteiger partial charge on any atom is 0.214 e. The molecule has 0 unspecified atom stereocenters. The zero-order valence-corrected chi connectivity index (χ0v) is 19.8. The number of benzene rings is 3. The Bertz CT molecular complexity index is 1310. The third kappa shape index (κ3) is 5.13. The lowest BCUT2D eigenvalue weighted by molar-refractivity contribution is 0.279. The van der Waals surface area contributed by atoms with Crippen LogP contribution in [0.4, 0.5) is 4.39 Å². The number of hydrogen-bond acceptors (Lipinski definition) is 5. The van der Waals surface area contributed by atoms with E-state index in [1.807, 2.05) is 30.3 Å². The van der Waals surface area contributed by atoms with E-state index in [2.05, 4.69) is 15.6 Å². The molecule has 0 fully saturated rings. The molecular weight excluding hydrogens is 486 g/mol. The van der Waals surface area contributed by atoms with Gasteiger partial charge in [-0.2, -0.15) is 5.10 Å². The standard InChI is InChI=1S/C23H19Cl2FN4O2S/c1-31-20-10-15(12-27-30-22(28-29-23(30)33)14-6-3-2-4-7-14)18(25)11-21(20)32-13-16-17(24)8-5-9-19(16)26/h2-11,27H,12-13H2,1H3,(H,29,33). The van der Waals surface area contributed by atoms with Crippen molar-refractivity contribution < 1.29 is 13.9 Å². The summed E-state index contributed by atoms with van der Waals surface area (Å²) in [6.45, 7) is 0.267. The fraction of sp³-hybridized carbons (Fsp3) is 0.130. The highest BCUT2D eigenvalue weighted by molar-refractivity contribution is 7.71. The van der Waals surface area contributed by atoms with E-state index in [1.54, 1.807) is 22.9 Å². The molecule has 1 heterocycles. The van der Waals surface area contributed by atoms with Crippen molar-refractivity contribution in [1.29, 1.82) is 0 Å². The molecule has 0 aliphatic rings. The van der Waals surface area contributed by atoms with Crippen LogP contribution in [0.2, 0.25) is 10.0 Å². The molecule has 6 nitrogen and oxygen atoms in total. The lowest BCUT2D eigenvalue weighted by Gasteiger charge is -2.16. The zero-order chi connectivity index (χ0) is 23.4. The Labute approximate surface area is 204 Å². The zero-order valence-electron chi connectivity index (χ0n) is 17.4. The van der Waals surface area contributed by atoms with Gasteiger partial charge in [-0.15, -0.1) is 0 Å². The Hall–Kier alpha value is -3.07. The van der Waals surface area contributed by atoms with E-state index in [-0.39, 0.29) is 17.2 Å². The van der Waals surface area contributed by atoms with Crippen molar-refractivity contribution in [2.45, 2.75) is 13.2 Å². The normalized spacial score (nSPS) is 10.8. The molecule has 0 saturated carbocycles. The molecule has 0 aliphatic heterocycles. The van der Waals surface area contributed by atoms with Crippen molar-refractivity contribution in [2.24, 2.45) is 0 Å². The number of halogens is 3. The van der Waals surface area contributed by atoms with Crippen LogP contribution in [0.3, 0.4) is 0 Å². The number of nitrogens with one attached hydrogen (secondary N) is 2. The van der Waals surface area contributed by atoms with Gasteiger partial charge in [0, 0.05) is 22.2 Å². The van der Waals surface area contributed by atoms with Gasteiger partial charge in [0.2, 0.25) is 4.77 Å². The summed E-state index contributed by atoms with van der Waals surface area (Å²) in [6, 6.07) is 17.5. The number of methoxy groups -OCH3 is 1. The van der Waals surface area contributed by atoms with Gasteiger partial charge in [0.05, 0.1) is 18.7 Å². The first-order chi connectivity index (χ1) is 16.0. The molecule has 33 heavy (non-hydrogen) atoms. The molecule has 4 aromatic rings. The van der Waals surface area contributed by atoms with Crippen LogP contribution in [0.25, 0.3) is 11.4 Å². The number of aromatic nitrogens is 3. The molecule has 3 aromatic carbocycles. The fourth-order valence-electron chi connectivity index (χ4n) is 3.19. The molecule has 10 heteroatoms. The van der Waals surface area contributed by atoms with E-state index >= 15 is 0 Å². The number of ether oxygens (including phenoxy) is 2. The summed E-state index contributed by atoms with van der Waals surface area (Å²) in [6.07, 6.45) is 0. The van der Waals surface area contributed by atoms with Gasteiger partial charge in [0.25, 0.3) is 0 Å². The Morgan fingerprint density at radius 2 is 1.85 bits per heavy atom. The largest absolute Gasteiger partial charge is 0.493 e. The van der Waals surface area contributed by atoms with Crippen LogP contribution in [-0.2, 0) is 13.2 Å². The van der Waals surface area contributed by atoms with Crippen molar-refractivity contribution in [3.8, 4) is 22.9 Å². The van der Waals surface area contributed by atoms with Gasteiger partial charge in [-0.05, 0) is 36.0 Å². The van der Waals surface area contributed by atoms with Crippen molar-refractivity contribution in [1.82, 2.24) is 14.9 Å². The predicted octanol–water partition coefficient (Wildman–Crippen LogP) is 6.38. The van der Waals surface area contributed by atoms with Crippen molar-refractivity contribution in [2.75, 3.05) is 12.5 Å². The first-order valence-corrected chi connectivity index (χ1v) is 11.0. The van der Waals surface area contributed by atoms with Crippen LogP contribution in [-0.4, -0.2) is 22.0 Å². The van der Waals surface area contributed by atoms with E-state index in [0.29, 0.717) is 33.7 Å².